The van der Waals surface area contributed by atoms with Crippen LogP contribution in [-0.2, 0) is 6.42 Å². The molecule has 0 spiro atoms. The van der Waals surface area contributed by atoms with E-state index in [4.69, 9.17) is 9.47 Å². The number of ether oxygens (including phenoxy) is 2. The fourth-order valence-electron chi connectivity index (χ4n) is 2.43. The van der Waals surface area contributed by atoms with Crippen molar-refractivity contribution in [1.29, 1.82) is 5.26 Å². The maximum absolute atomic E-state index is 9.42. The van der Waals surface area contributed by atoms with Crippen molar-refractivity contribution >= 4 is 0 Å². The Morgan fingerprint density at radius 2 is 2.00 bits per heavy atom. The molecule has 2 aromatic carbocycles. The van der Waals surface area contributed by atoms with Gasteiger partial charge in [-0.1, -0.05) is 35.9 Å². The first-order valence-corrected chi connectivity index (χ1v) is 6.61. The summed E-state index contributed by atoms with van der Waals surface area (Å²) in [6, 6.07) is 16.4. The summed E-state index contributed by atoms with van der Waals surface area (Å²) >= 11 is 0. The number of nitriles is 1. The molecule has 3 nitrogen and oxygen atoms in total. The topological polar surface area (TPSA) is 42.2 Å². The number of hydrogen-bond acceptors (Lipinski definition) is 3. The summed E-state index contributed by atoms with van der Waals surface area (Å²) in [5.41, 5.74) is 3.32. The Morgan fingerprint density at radius 3 is 2.80 bits per heavy atom. The van der Waals surface area contributed by atoms with Crippen molar-refractivity contribution in [3.8, 4) is 17.6 Å². The van der Waals surface area contributed by atoms with Crippen molar-refractivity contribution in [2.75, 3.05) is 6.79 Å². The summed E-state index contributed by atoms with van der Waals surface area (Å²) < 4.78 is 10.7. The van der Waals surface area contributed by atoms with E-state index in [9.17, 15) is 5.26 Å². The first-order valence-electron chi connectivity index (χ1n) is 6.61. The van der Waals surface area contributed by atoms with E-state index in [1.54, 1.807) is 0 Å². The van der Waals surface area contributed by atoms with Crippen LogP contribution in [0.3, 0.4) is 0 Å². The molecule has 0 aliphatic carbocycles. The van der Waals surface area contributed by atoms with Crippen molar-refractivity contribution in [2.24, 2.45) is 0 Å². The fraction of sp³-hybridized carbons (Fsp3) is 0.235. The standard InChI is InChI=1S/C17H15NO2/c1-12-3-2-4-14(7-12)15(10-18)8-13-5-6-16-17(9-13)20-11-19-16/h2-7,9,15H,8,11H2,1H3. The lowest BCUT2D eigenvalue weighted by molar-refractivity contribution is 0.174. The average Bonchev–Trinajstić information content (AvgIpc) is 2.92. The summed E-state index contributed by atoms with van der Waals surface area (Å²) in [6.45, 7) is 2.32. The summed E-state index contributed by atoms with van der Waals surface area (Å²) in [6.07, 6.45) is 0.677. The molecular formula is C17H15NO2. The molecule has 0 N–H and O–H groups in total. The maximum Gasteiger partial charge on any atom is 0.231 e. The van der Waals surface area contributed by atoms with Crippen molar-refractivity contribution in [3.05, 3.63) is 59.2 Å². The van der Waals surface area contributed by atoms with Gasteiger partial charge in [-0.2, -0.15) is 5.26 Å². The lowest BCUT2D eigenvalue weighted by Crippen LogP contribution is -2.01. The van der Waals surface area contributed by atoms with E-state index in [2.05, 4.69) is 12.1 Å². The molecule has 3 rings (SSSR count). The zero-order valence-corrected chi connectivity index (χ0v) is 11.3. The quantitative estimate of drug-likeness (QED) is 0.852. The van der Waals surface area contributed by atoms with Crippen LogP contribution < -0.4 is 9.47 Å². The zero-order chi connectivity index (χ0) is 13.9. The van der Waals surface area contributed by atoms with Gasteiger partial charge in [-0.05, 0) is 36.6 Å². The van der Waals surface area contributed by atoms with Crippen molar-refractivity contribution < 1.29 is 9.47 Å². The van der Waals surface area contributed by atoms with Gasteiger partial charge in [0, 0.05) is 0 Å². The minimum absolute atomic E-state index is 0.143. The molecule has 0 radical (unpaired) electrons. The van der Waals surface area contributed by atoms with Gasteiger partial charge in [-0.25, -0.2) is 0 Å². The highest BCUT2D eigenvalue weighted by Gasteiger charge is 2.16. The highest BCUT2D eigenvalue weighted by Crippen LogP contribution is 2.34. The molecule has 1 atom stereocenters. The molecule has 0 fully saturated rings. The highest BCUT2D eigenvalue weighted by atomic mass is 16.7. The van der Waals surface area contributed by atoms with Crippen molar-refractivity contribution in [1.82, 2.24) is 0 Å². The number of aryl methyl sites for hydroxylation is 1. The Bertz CT molecular complexity index is 673. The molecule has 0 bridgehead atoms. The van der Waals surface area contributed by atoms with Gasteiger partial charge in [0.1, 0.15) is 0 Å². The van der Waals surface area contributed by atoms with Crippen LogP contribution in [0.15, 0.2) is 42.5 Å². The van der Waals surface area contributed by atoms with Crippen LogP contribution in [0.5, 0.6) is 11.5 Å². The van der Waals surface area contributed by atoms with Gasteiger partial charge < -0.3 is 9.47 Å². The third-order valence-corrected chi connectivity index (χ3v) is 3.48. The molecule has 1 unspecified atom stereocenters. The molecule has 100 valence electrons. The first kappa shape index (κ1) is 12.6. The van der Waals surface area contributed by atoms with Crippen LogP contribution in [0.2, 0.25) is 0 Å². The van der Waals surface area contributed by atoms with Gasteiger partial charge >= 0.3 is 0 Å². The summed E-state index contributed by atoms with van der Waals surface area (Å²) in [5.74, 6) is 1.40. The molecule has 20 heavy (non-hydrogen) atoms. The molecule has 0 amide bonds. The van der Waals surface area contributed by atoms with Crippen LogP contribution in [0.25, 0.3) is 0 Å². The SMILES string of the molecule is Cc1cccc(C(C#N)Cc2ccc3c(c2)OCO3)c1. The van der Waals surface area contributed by atoms with Gasteiger partial charge in [0.2, 0.25) is 6.79 Å². The largest absolute Gasteiger partial charge is 0.454 e. The van der Waals surface area contributed by atoms with Crippen LogP contribution in [0.4, 0.5) is 0 Å². The van der Waals surface area contributed by atoms with E-state index in [1.807, 2.05) is 43.3 Å². The Labute approximate surface area is 118 Å². The normalized spacial score (nSPS) is 13.8. The third kappa shape index (κ3) is 2.46. The smallest absolute Gasteiger partial charge is 0.231 e. The van der Waals surface area contributed by atoms with E-state index in [0.29, 0.717) is 6.42 Å². The second kappa shape index (κ2) is 5.26. The van der Waals surface area contributed by atoms with Crippen LogP contribution in [0.1, 0.15) is 22.6 Å². The molecule has 1 aliphatic heterocycles. The van der Waals surface area contributed by atoms with Crippen LogP contribution in [-0.4, -0.2) is 6.79 Å². The Hall–Kier alpha value is -2.47. The first-order chi connectivity index (χ1) is 9.76. The predicted octanol–water partition coefficient (Wildman–Crippen LogP) is 3.57. The molecule has 1 heterocycles. The third-order valence-electron chi connectivity index (χ3n) is 3.48. The lowest BCUT2D eigenvalue weighted by atomic mass is 9.92. The molecule has 3 heteroatoms. The molecule has 0 saturated carbocycles. The van der Waals surface area contributed by atoms with Crippen LogP contribution >= 0.6 is 0 Å². The van der Waals surface area contributed by atoms with Gasteiger partial charge in [0.15, 0.2) is 11.5 Å². The average molecular weight is 265 g/mol. The van der Waals surface area contributed by atoms with Gasteiger partial charge in [-0.3, -0.25) is 0 Å². The Balaban J connectivity index is 1.84. The zero-order valence-electron chi connectivity index (χ0n) is 11.3. The van der Waals surface area contributed by atoms with E-state index < -0.39 is 0 Å². The number of hydrogen-bond donors (Lipinski definition) is 0. The highest BCUT2D eigenvalue weighted by molar-refractivity contribution is 5.45. The van der Waals surface area contributed by atoms with Crippen LogP contribution in [0, 0.1) is 18.3 Å². The van der Waals surface area contributed by atoms with E-state index in [-0.39, 0.29) is 12.7 Å². The number of benzene rings is 2. The molecule has 0 saturated heterocycles. The van der Waals surface area contributed by atoms with Gasteiger partial charge in [0.25, 0.3) is 0 Å². The number of rotatable bonds is 3. The second-order valence-corrected chi connectivity index (χ2v) is 4.99. The lowest BCUT2D eigenvalue weighted by Gasteiger charge is -2.11. The maximum atomic E-state index is 9.42. The fourth-order valence-corrected chi connectivity index (χ4v) is 2.43. The summed E-state index contributed by atoms with van der Waals surface area (Å²) in [7, 11) is 0. The predicted molar refractivity (Wildman–Crippen MR) is 75.8 cm³/mol. The van der Waals surface area contributed by atoms with Crippen molar-refractivity contribution in [3.63, 3.8) is 0 Å². The summed E-state index contributed by atoms with van der Waals surface area (Å²) in [4.78, 5) is 0. The van der Waals surface area contributed by atoms with Gasteiger partial charge in [-0.15, -0.1) is 0 Å². The molecule has 2 aromatic rings. The number of fused-ring (bicyclic) bond motifs is 1. The molecule has 0 aromatic heterocycles. The van der Waals surface area contributed by atoms with E-state index in [0.717, 1.165) is 22.6 Å². The Kier molecular flexibility index (Phi) is 3.30. The van der Waals surface area contributed by atoms with Crippen molar-refractivity contribution in [2.45, 2.75) is 19.3 Å². The van der Waals surface area contributed by atoms with Gasteiger partial charge in [0.05, 0.1) is 12.0 Å². The Morgan fingerprint density at radius 1 is 1.15 bits per heavy atom. The molecular weight excluding hydrogens is 250 g/mol. The minimum atomic E-state index is -0.143. The summed E-state index contributed by atoms with van der Waals surface area (Å²) in [5, 5.41) is 9.42. The number of nitrogens with zero attached hydrogens (tertiary/aromatic N) is 1. The minimum Gasteiger partial charge on any atom is -0.454 e. The molecule has 1 aliphatic rings. The second-order valence-electron chi connectivity index (χ2n) is 4.99. The monoisotopic (exact) mass is 265 g/mol. The van der Waals surface area contributed by atoms with E-state index >= 15 is 0 Å². The van der Waals surface area contributed by atoms with E-state index in [1.165, 1.54) is 5.56 Å².